The van der Waals surface area contributed by atoms with Gasteiger partial charge in [-0.3, -0.25) is 0 Å². The van der Waals surface area contributed by atoms with Crippen LogP contribution in [0.2, 0.25) is 5.02 Å². The zero-order valence-electron chi connectivity index (χ0n) is 10.1. The SMILES string of the molecule is CNC1(c2cccc(Cl)c2C)CCCCC1. The third-order valence-electron chi connectivity index (χ3n) is 3.97. The molecule has 1 nitrogen and oxygen atoms in total. The Hall–Kier alpha value is -0.530. The molecule has 0 spiro atoms. The number of nitrogens with one attached hydrogen (secondary N) is 1. The highest BCUT2D eigenvalue weighted by atomic mass is 35.5. The summed E-state index contributed by atoms with van der Waals surface area (Å²) in [4.78, 5) is 0. The molecule has 0 amide bonds. The van der Waals surface area contributed by atoms with Crippen LogP contribution >= 0.6 is 11.6 Å². The van der Waals surface area contributed by atoms with Crippen LogP contribution in [0, 0.1) is 6.92 Å². The molecule has 2 rings (SSSR count). The minimum absolute atomic E-state index is 0.160. The Bertz CT molecular complexity index is 367. The average Bonchev–Trinajstić information content (AvgIpc) is 2.33. The minimum atomic E-state index is 0.160. The van der Waals surface area contributed by atoms with Gasteiger partial charge in [-0.25, -0.2) is 0 Å². The molecule has 88 valence electrons. The van der Waals surface area contributed by atoms with Crippen molar-refractivity contribution in [1.29, 1.82) is 0 Å². The molecule has 0 aromatic heterocycles. The highest BCUT2D eigenvalue weighted by Crippen LogP contribution is 2.39. The molecular weight excluding hydrogens is 218 g/mol. The van der Waals surface area contributed by atoms with Crippen LogP contribution in [0.3, 0.4) is 0 Å². The van der Waals surface area contributed by atoms with Crippen LogP contribution in [0.25, 0.3) is 0 Å². The van der Waals surface area contributed by atoms with E-state index in [0.717, 1.165) is 5.02 Å². The van der Waals surface area contributed by atoms with Crippen molar-refractivity contribution in [2.45, 2.75) is 44.6 Å². The van der Waals surface area contributed by atoms with Crippen molar-refractivity contribution in [2.75, 3.05) is 7.05 Å². The molecule has 0 heterocycles. The Balaban J connectivity index is 2.43. The van der Waals surface area contributed by atoms with E-state index in [1.165, 1.54) is 43.2 Å². The van der Waals surface area contributed by atoms with Gasteiger partial charge in [0.05, 0.1) is 0 Å². The van der Waals surface area contributed by atoms with E-state index >= 15 is 0 Å². The van der Waals surface area contributed by atoms with Gasteiger partial charge in [-0.05, 0) is 44.0 Å². The molecule has 0 unspecified atom stereocenters. The molecule has 1 N–H and O–H groups in total. The molecule has 1 saturated carbocycles. The second-order valence-electron chi connectivity index (χ2n) is 4.81. The smallest absolute Gasteiger partial charge is 0.0438 e. The van der Waals surface area contributed by atoms with Crippen molar-refractivity contribution >= 4 is 11.6 Å². The maximum atomic E-state index is 6.22. The van der Waals surface area contributed by atoms with Crippen molar-refractivity contribution in [3.63, 3.8) is 0 Å². The first-order chi connectivity index (χ1) is 7.69. The predicted octanol–water partition coefficient (Wildman–Crippen LogP) is 4.03. The van der Waals surface area contributed by atoms with Crippen LogP contribution < -0.4 is 5.32 Å². The Morgan fingerprint density at radius 1 is 1.19 bits per heavy atom. The maximum Gasteiger partial charge on any atom is 0.0438 e. The predicted molar refractivity (Wildman–Crippen MR) is 70.0 cm³/mol. The number of benzene rings is 1. The van der Waals surface area contributed by atoms with Gasteiger partial charge in [0.25, 0.3) is 0 Å². The number of halogens is 1. The second kappa shape index (κ2) is 4.77. The molecule has 1 aromatic rings. The van der Waals surface area contributed by atoms with Gasteiger partial charge in [0.15, 0.2) is 0 Å². The fraction of sp³-hybridized carbons (Fsp3) is 0.571. The molecule has 0 bridgehead atoms. The quantitative estimate of drug-likeness (QED) is 0.819. The Kier molecular flexibility index (Phi) is 3.56. The lowest BCUT2D eigenvalue weighted by Gasteiger charge is -2.39. The minimum Gasteiger partial charge on any atom is -0.310 e. The van der Waals surface area contributed by atoms with Gasteiger partial charge in [-0.15, -0.1) is 0 Å². The van der Waals surface area contributed by atoms with Gasteiger partial charge in [-0.1, -0.05) is 43.0 Å². The Morgan fingerprint density at radius 2 is 1.88 bits per heavy atom. The van der Waals surface area contributed by atoms with Gasteiger partial charge in [0.2, 0.25) is 0 Å². The van der Waals surface area contributed by atoms with Crippen LogP contribution in [0.5, 0.6) is 0 Å². The monoisotopic (exact) mass is 237 g/mol. The Labute approximate surface area is 103 Å². The fourth-order valence-corrected chi connectivity index (χ4v) is 3.11. The summed E-state index contributed by atoms with van der Waals surface area (Å²) >= 11 is 6.22. The van der Waals surface area contributed by atoms with Gasteiger partial charge in [-0.2, -0.15) is 0 Å². The lowest BCUT2D eigenvalue weighted by atomic mass is 9.75. The van der Waals surface area contributed by atoms with Crippen molar-refractivity contribution in [3.8, 4) is 0 Å². The van der Waals surface area contributed by atoms with Crippen LogP contribution in [-0.2, 0) is 5.54 Å². The third kappa shape index (κ3) is 1.99. The van der Waals surface area contributed by atoms with Crippen molar-refractivity contribution in [2.24, 2.45) is 0 Å². The van der Waals surface area contributed by atoms with Crippen LogP contribution in [0.1, 0.15) is 43.2 Å². The number of hydrogen-bond acceptors (Lipinski definition) is 1. The summed E-state index contributed by atoms with van der Waals surface area (Å²) in [7, 11) is 2.08. The van der Waals surface area contributed by atoms with E-state index in [0.29, 0.717) is 0 Å². The largest absolute Gasteiger partial charge is 0.310 e. The summed E-state index contributed by atoms with van der Waals surface area (Å²) in [5, 5.41) is 4.43. The molecule has 1 aliphatic carbocycles. The van der Waals surface area contributed by atoms with E-state index in [-0.39, 0.29) is 5.54 Å². The summed E-state index contributed by atoms with van der Waals surface area (Å²) in [6.45, 7) is 2.13. The zero-order valence-corrected chi connectivity index (χ0v) is 10.9. The summed E-state index contributed by atoms with van der Waals surface area (Å²) in [6, 6.07) is 6.27. The summed E-state index contributed by atoms with van der Waals surface area (Å²) in [6.07, 6.45) is 6.44. The molecule has 2 heteroatoms. The molecule has 1 fully saturated rings. The first-order valence-electron chi connectivity index (χ1n) is 6.14. The average molecular weight is 238 g/mol. The molecule has 0 saturated heterocycles. The first-order valence-corrected chi connectivity index (χ1v) is 6.52. The maximum absolute atomic E-state index is 6.22. The number of hydrogen-bond donors (Lipinski definition) is 1. The van der Waals surface area contributed by atoms with Gasteiger partial charge >= 0.3 is 0 Å². The van der Waals surface area contributed by atoms with E-state index in [9.17, 15) is 0 Å². The molecular formula is C14H20ClN. The third-order valence-corrected chi connectivity index (χ3v) is 4.38. The van der Waals surface area contributed by atoms with Crippen molar-refractivity contribution in [1.82, 2.24) is 5.32 Å². The first kappa shape index (κ1) is 11.9. The summed E-state index contributed by atoms with van der Waals surface area (Å²) in [5.74, 6) is 0. The van der Waals surface area contributed by atoms with E-state index < -0.39 is 0 Å². The topological polar surface area (TPSA) is 12.0 Å². The van der Waals surface area contributed by atoms with Gasteiger partial charge in [0.1, 0.15) is 0 Å². The molecule has 1 aromatic carbocycles. The van der Waals surface area contributed by atoms with Crippen LogP contribution in [-0.4, -0.2) is 7.05 Å². The second-order valence-corrected chi connectivity index (χ2v) is 5.21. The van der Waals surface area contributed by atoms with Crippen molar-refractivity contribution in [3.05, 3.63) is 34.3 Å². The normalized spacial score (nSPS) is 19.7. The molecule has 0 aliphatic heterocycles. The molecule has 0 atom stereocenters. The van der Waals surface area contributed by atoms with Crippen molar-refractivity contribution < 1.29 is 0 Å². The molecule has 0 radical (unpaired) electrons. The van der Waals surface area contributed by atoms with E-state index in [2.05, 4.69) is 31.4 Å². The lowest BCUT2D eigenvalue weighted by Crippen LogP contribution is -2.42. The van der Waals surface area contributed by atoms with Crippen LogP contribution in [0.15, 0.2) is 18.2 Å². The fourth-order valence-electron chi connectivity index (χ4n) is 2.94. The zero-order chi connectivity index (χ0) is 11.6. The van der Waals surface area contributed by atoms with E-state index in [1.807, 2.05) is 6.07 Å². The van der Waals surface area contributed by atoms with E-state index in [4.69, 9.17) is 11.6 Å². The van der Waals surface area contributed by atoms with Gasteiger partial charge < -0.3 is 5.32 Å². The standard InChI is InChI=1S/C14H20ClN/c1-11-12(7-6-8-13(11)15)14(16-2)9-4-3-5-10-14/h6-8,16H,3-5,9-10H2,1-2H3. The van der Waals surface area contributed by atoms with E-state index in [1.54, 1.807) is 0 Å². The Morgan fingerprint density at radius 3 is 2.50 bits per heavy atom. The van der Waals surface area contributed by atoms with Crippen LogP contribution in [0.4, 0.5) is 0 Å². The highest BCUT2D eigenvalue weighted by Gasteiger charge is 2.33. The molecule has 1 aliphatic rings. The summed E-state index contributed by atoms with van der Waals surface area (Å²) < 4.78 is 0. The van der Waals surface area contributed by atoms with Gasteiger partial charge in [0, 0.05) is 10.6 Å². The lowest BCUT2D eigenvalue weighted by molar-refractivity contribution is 0.249. The highest BCUT2D eigenvalue weighted by molar-refractivity contribution is 6.31. The number of rotatable bonds is 2. The molecule has 16 heavy (non-hydrogen) atoms. The summed E-state index contributed by atoms with van der Waals surface area (Å²) in [5.41, 5.74) is 2.79.